The Labute approximate surface area is 143 Å². The molecule has 2 heterocycles. The SMILES string of the molecule is COC(C)Oc1ccnc(C[S+]([O-])c2nc3cc(C)ccc3[nH]2)c1. The Morgan fingerprint density at radius 3 is 2.92 bits per heavy atom. The molecule has 0 bridgehead atoms. The molecule has 2 atom stereocenters. The maximum absolute atomic E-state index is 12.6. The molecule has 0 spiro atoms. The fraction of sp³-hybridized carbons (Fsp3) is 0.294. The third-order valence-electron chi connectivity index (χ3n) is 3.53. The normalized spacial score (nSPS) is 13.8. The summed E-state index contributed by atoms with van der Waals surface area (Å²) in [7, 11) is 1.57. The summed E-state index contributed by atoms with van der Waals surface area (Å²) >= 11 is -1.31. The number of fused-ring (bicyclic) bond motifs is 1. The van der Waals surface area contributed by atoms with E-state index in [1.54, 1.807) is 32.4 Å². The minimum atomic E-state index is -1.31. The van der Waals surface area contributed by atoms with Crippen molar-refractivity contribution in [3.8, 4) is 5.75 Å². The summed E-state index contributed by atoms with van der Waals surface area (Å²) < 4.78 is 23.2. The second kappa shape index (κ2) is 7.21. The number of aryl methyl sites for hydroxylation is 1. The number of hydrogen-bond donors (Lipinski definition) is 1. The summed E-state index contributed by atoms with van der Waals surface area (Å²) in [5.74, 6) is 0.892. The van der Waals surface area contributed by atoms with E-state index in [1.165, 1.54) is 0 Å². The van der Waals surface area contributed by atoms with Crippen LogP contribution in [-0.2, 0) is 21.7 Å². The first-order chi connectivity index (χ1) is 11.5. The molecule has 0 aliphatic carbocycles. The number of ether oxygens (including phenoxy) is 2. The number of aromatic nitrogens is 3. The number of benzene rings is 1. The van der Waals surface area contributed by atoms with Crippen molar-refractivity contribution in [1.82, 2.24) is 15.0 Å². The van der Waals surface area contributed by atoms with E-state index in [0.717, 1.165) is 16.6 Å². The van der Waals surface area contributed by atoms with Crippen molar-refractivity contribution in [2.45, 2.75) is 31.0 Å². The van der Waals surface area contributed by atoms with Gasteiger partial charge in [-0.25, -0.2) is 0 Å². The summed E-state index contributed by atoms with van der Waals surface area (Å²) in [6.45, 7) is 3.80. The summed E-state index contributed by atoms with van der Waals surface area (Å²) in [5, 5.41) is 0.453. The minimum absolute atomic E-state index is 0.261. The molecule has 3 aromatic rings. The lowest BCUT2D eigenvalue weighted by atomic mass is 10.2. The van der Waals surface area contributed by atoms with E-state index in [0.29, 0.717) is 16.6 Å². The average Bonchev–Trinajstić information content (AvgIpc) is 2.98. The Morgan fingerprint density at radius 2 is 2.12 bits per heavy atom. The molecule has 1 aromatic carbocycles. The Hall–Kier alpha value is -2.09. The molecule has 0 aliphatic heterocycles. The molecule has 0 saturated heterocycles. The van der Waals surface area contributed by atoms with Crippen LogP contribution in [0.3, 0.4) is 0 Å². The first-order valence-corrected chi connectivity index (χ1v) is 8.86. The van der Waals surface area contributed by atoms with Crippen molar-refractivity contribution in [3.05, 3.63) is 47.8 Å². The molecule has 6 nitrogen and oxygen atoms in total. The Morgan fingerprint density at radius 1 is 1.29 bits per heavy atom. The van der Waals surface area contributed by atoms with Crippen molar-refractivity contribution in [2.75, 3.05) is 7.11 Å². The molecule has 0 saturated carbocycles. The van der Waals surface area contributed by atoms with Crippen LogP contribution in [-0.4, -0.2) is 32.9 Å². The molecule has 0 aliphatic rings. The standard InChI is InChI=1S/C17H19N3O3S/c1-11-4-5-15-16(8-11)20-17(19-15)24(21)10-13-9-14(6-7-18-13)23-12(2)22-3/h4-9,12H,10H2,1-3H3,(H,19,20). The first-order valence-electron chi connectivity index (χ1n) is 7.54. The molecule has 0 fully saturated rings. The average molecular weight is 345 g/mol. The number of methoxy groups -OCH3 is 1. The third-order valence-corrected chi connectivity index (χ3v) is 4.72. The summed E-state index contributed by atoms with van der Waals surface area (Å²) in [5.41, 5.74) is 3.48. The van der Waals surface area contributed by atoms with Crippen LogP contribution in [0.15, 0.2) is 41.7 Å². The lowest BCUT2D eigenvalue weighted by molar-refractivity contribution is -0.0383. The zero-order valence-corrected chi connectivity index (χ0v) is 14.6. The van der Waals surface area contributed by atoms with Crippen molar-refractivity contribution in [3.63, 3.8) is 0 Å². The van der Waals surface area contributed by atoms with E-state index in [1.807, 2.05) is 25.1 Å². The van der Waals surface area contributed by atoms with Gasteiger partial charge in [-0.05, 0) is 37.6 Å². The van der Waals surface area contributed by atoms with E-state index in [2.05, 4.69) is 15.0 Å². The van der Waals surface area contributed by atoms with Crippen LogP contribution in [0.2, 0.25) is 0 Å². The van der Waals surface area contributed by atoms with Gasteiger partial charge < -0.3 is 14.0 Å². The topological polar surface area (TPSA) is 83.1 Å². The molecule has 1 N–H and O–H groups in total. The van der Waals surface area contributed by atoms with Gasteiger partial charge in [0.2, 0.25) is 0 Å². The molecule has 2 unspecified atom stereocenters. The fourth-order valence-corrected chi connectivity index (χ4v) is 3.24. The predicted molar refractivity (Wildman–Crippen MR) is 92.3 cm³/mol. The van der Waals surface area contributed by atoms with Gasteiger partial charge in [0.05, 0.1) is 16.7 Å². The molecule has 7 heteroatoms. The predicted octanol–water partition coefficient (Wildman–Crippen LogP) is 2.95. The van der Waals surface area contributed by atoms with Gasteiger partial charge in [-0.15, -0.1) is 0 Å². The van der Waals surface area contributed by atoms with Gasteiger partial charge >= 0.3 is 5.16 Å². The minimum Gasteiger partial charge on any atom is -0.609 e. The number of nitrogens with one attached hydrogen (secondary N) is 1. The van der Waals surface area contributed by atoms with Crippen LogP contribution < -0.4 is 4.74 Å². The van der Waals surface area contributed by atoms with Crippen LogP contribution >= 0.6 is 0 Å². The first kappa shape index (κ1) is 16.8. The van der Waals surface area contributed by atoms with E-state index in [9.17, 15) is 4.55 Å². The number of pyridine rings is 1. The van der Waals surface area contributed by atoms with Crippen molar-refractivity contribution in [2.24, 2.45) is 0 Å². The van der Waals surface area contributed by atoms with Crippen molar-refractivity contribution >= 4 is 22.2 Å². The lowest BCUT2D eigenvalue weighted by Gasteiger charge is -2.13. The van der Waals surface area contributed by atoms with E-state index >= 15 is 0 Å². The van der Waals surface area contributed by atoms with Crippen LogP contribution in [0, 0.1) is 6.92 Å². The van der Waals surface area contributed by atoms with Gasteiger partial charge in [0.1, 0.15) is 5.75 Å². The van der Waals surface area contributed by atoms with Crippen molar-refractivity contribution < 1.29 is 14.0 Å². The van der Waals surface area contributed by atoms with Gasteiger partial charge in [-0.3, -0.25) is 9.97 Å². The van der Waals surface area contributed by atoms with E-state index < -0.39 is 11.2 Å². The second-order valence-corrected chi connectivity index (χ2v) is 6.82. The fourth-order valence-electron chi connectivity index (χ4n) is 2.25. The molecule has 0 radical (unpaired) electrons. The summed E-state index contributed by atoms with van der Waals surface area (Å²) in [6.07, 6.45) is 1.27. The van der Waals surface area contributed by atoms with Crippen LogP contribution in [0.25, 0.3) is 11.0 Å². The molecular weight excluding hydrogens is 326 g/mol. The molecule has 24 heavy (non-hydrogen) atoms. The summed E-state index contributed by atoms with van der Waals surface area (Å²) in [4.78, 5) is 11.8. The van der Waals surface area contributed by atoms with E-state index in [4.69, 9.17) is 9.47 Å². The smallest absolute Gasteiger partial charge is 0.322 e. The Balaban J connectivity index is 1.75. The highest BCUT2D eigenvalue weighted by Gasteiger charge is 2.18. The molecule has 2 aromatic heterocycles. The number of rotatable bonds is 6. The van der Waals surface area contributed by atoms with Gasteiger partial charge in [-0.2, -0.15) is 4.98 Å². The number of H-pyrrole nitrogens is 1. The zero-order chi connectivity index (χ0) is 17.1. The quantitative estimate of drug-likeness (QED) is 0.548. The van der Waals surface area contributed by atoms with Gasteiger partial charge in [0.15, 0.2) is 12.0 Å². The maximum atomic E-state index is 12.6. The lowest BCUT2D eigenvalue weighted by Crippen LogP contribution is -2.14. The van der Waals surface area contributed by atoms with Crippen molar-refractivity contribution in [1.29, 1.82) is 0 Å². The van der Waals surface area contributed by atoms with Crippen LogP contribution in [0.5, 0.6) is 5.75 Å². The highest BCUT2D eigenvalue weighted by atomic mass is 32.2. The van der Waals surface area contributed by atoms with Gasteiger partial charge in [0.25, 0.3) is 0 Å². The molecule has 0 amide bonds. The van der Waals surface area contributed by atoms with E-state index in [-0.39, 0.29) is 12.0 Å². The monoisotopic (exact) mass is 345 g/mol. The zero-order valence-electron chi connectivity index (χ0n) is 13.8. The van der Waals surface area contributed by atoms with Gasteiger partial charge in [-0.1, -0.05) is 6.07 Å². The number of nitrogens with zero attached hydrogens (tertiary/aromatic N) is 2. The third kappa shape index (κ3) is 3.87. The Kier molecular flexibility index (Phi) is 5.03. The Bertz CT molecular complexity index is 837. The number of imidazole rings is 1. The second-order valence-electron chi connectivity index (χ2n) is 5.46. The molecule has 3 rings (SSSR count). The van der Waals surface area contributed by atoms with Crippen LogP contribution in [0.1, 0.15) is 18.2 Å². The molecular formula is C17H19N3O3S. The summed E-state index contributed by atoms with van der Waals surface area (Å²) in [6, 6.07) is 9.40. The highest BCUT2D eigenvalue weighted by molar-refractivity contribution is 7.90. The number of aromatic amines is 1. The van der Waals surface area contributed by atoms with Crippen LogP contribution in [0.4, 0.5) is 0 Å². The molecule has 126 valence electrons. The largest absolute Gasteiger partial charge is 0.609 e. The van der Waals surface area contributed by atoms with Gasteiger partial charge in [0, 0.05) is 30.5 Å². The number of hydrogen-bond acceptors (Lipinski definition) is 5. The maximum Gasteiger partial charge on any atom is 0.322 e. The highest BCUT2D eigenvalue weighted by Crippen LogP contribution is 2.20.